The van der Waals surface area contributed by atoms with Gasteiger partial charge in [-0.05, 0) is 12.8 Å². The third kappa shape index (κ3) is 4.54. The number of piperazine rings is 1. The molecule has 1 aromatic heterocycles. The first-order valence-corrected chi connectivity index (χ1v) is 10.6. The fraction of sp³-hybridized carbons (Fsp3) is 0.750. The first kappa shape index (κ1) is 19.1. The number of aliphatic imine (C=N–C) groups is 1. The second kappa shape index (κ2) is 7.93. The topological polar surface area (TPSA) is 111 Å². The molecule has 10 heteroatoms. The van der Waals surface area contributed by atoms with Gasteiger partial charge in [0, 0.05) is 45.8 Å². The summed E-state index contributed by atoms with van der Waals surface area (Å²) in [6.07, 6.45) is 5.10. The van der Waals surface area contributed by atoms with Crippen molar-refractivity contribution in [2.45, 2.75) is 37.0 Å². The number of hydrogen-bond acceptors (Lipinski definition) is 6. The molecule has 3 rings (SSSR count). The standard InChI is InChI=1S/C16H27N5O4S/c1-17-15(18-13-16(22)5-2-3-6-16)20-7-9-21(10-8-20)26(23,24)12-14-4-11-25-19-14/h4,11,22H,2-3,5-10,12-13H2,1H3,(H,17,18). The lowest BCUT2D eigenvalue weighted by atomic mass is 10.0. The smallest absolute Gasteiger partial charge is 0.220 e. The molecule has 1 saturated carbocycles. The lowest BCUT2D eigenvalue weighted by Gasteiger charge is -2.36. The summed E-state index contributed by atoms with van der Waals surface area (Å²) in [5.74, 6) is 0.558. The van der Waals surface area contributed by atoms with Gasteiger partial charge in [-0.25, -0.2) is 8.42 Å². The molecule has 2 N–H and O–H groups in total. The van der Waals surface area contributed by atoms with E-state index in [0.29, 0.717) is 44.4 Å². The van der Waals surface area contributed by atoms with E-state index in [4.69, 9.17) is 4.52 Å². The zero-order valence-corrected chi connectivity index (χ0v) is 15.9. The highest BCUT2D eigenvalue weighted by atomic mass is 32.2. The van der Waals surface area contributed by atoms with Crippen LogP contribution < -0.4 is 5.32 Å². The summed E-state index contributed by atoms with van der Waals surface area (Å²) in [6.45, 7) is 2.37. The monoisotopic (exact) mass is 385 g/mol. The number of hydrogen-bond donors (Lipinski definition) is 2. The fourth-order valence-corrected chi connectivity index (χ4v) is 4.98. The van der Waals surface area contributed by atoms with Crippen LogP contribution in [0, 0.1) is 0 Å². The maximum absolute atomic E-state index is 12.5. The molecule has 0 amide bonds. The molecular formula is C16H27N5O4S. The zero-order chi connectivity index (χ0) is 18.6. The molecule has 0 aromatic carbocycles. The first-order valence-electron chi connectivity index (χ1n) is 8.97. The second-order valence-corrected chi connectivity index (χ2v) is 8.93. The van der Waals surface area contributed by atoms with E-state index in [9.17, 15) is 13.5 Å². The van der Waals surface area contributed by atoms with E-state index >= 15 is 0 Å². The van der Waals surface area contributed by atoms with Gasteiger partial charge < -0.3 is 19.8 Å². The van der Waals surface area contributed by atoms with E-state index in [0.717, 1.165) is 25.7 Å². The summed E-state index contributed by atoms with van der Waals surface area (Å²) >= 11 is 0. The largest absolute Gasteiger partial charge is 0.388 e. The number of sulfonamides is 1. The highest BCUT2D eigenvalue weighted by molar-refractivity contribution is 7.88. The highest BCUT2D eigenvalue weighted by Gasteiger charge is 2.33. The Labute approximate surface area is 154 Å². The van der Waals surface area contributed by atoms with Crippen molar-refractivity contribution in [3.05, 3.63) is 18.0 Å². The Bertz CT molecular complexity index is 705. The van der Waals surface area contributed by atoms with Gasteiger partial charge in [0.2, 0.25) is 10.0 Å². The number of nitrogens with zero attached hydrogens (tertiary/aromatic N) is 4. The van der Waals surface area contributed by atoms with E-state index in [1.54, 1.807) is 13.1 Å². The molecule has 2 heterocycles. The number of rotatable bonds is 5. The molecular weight excluding hydrogens is 358 g/mol. The molecule has 0 bridgehead atoms. The predicted octanol–water partition coefficient (Wildman–Crippen LogP) is 0.00250. The number of aromatic nitrogens is 1. The molecule has 146 valence electrons. The molecule has 1 aromatic rings. The van der Waals surface area contributed by atoms with Crippen molar-refractivity contribution in [3.8, 4) is 0 Å². The van der Waals surface area contributed by atoms with Crippen molar-refractivity contribution in [3.63, 3.8) is 0 Å². The van der Waals surface area contributed by atoms with Gasteiger partial charge in [0.25, 0.3) is 0 Å². The van der Waals surface area contributed by atoms with Gasteiger partial charge >= 0.3 is 0 Å². The Morgan fingerprint density at radius 3 is 2.62 bits per heavy atom. The van der Waals surface area contributed by atoms with Crippen LogP contribution in [0.2, 0.25) is 0 Å². The highest BCUT2D eigenvalue weighted by Crippen LogP contribution is 2.28. The molecule has 0 spiro atoms. The third-order valence-corrected chi connectivity index (χ3v) is 6.89. The molecule has 2 aliphatic rings. The minimum atomic E-state index is -3.41. The van der Waals surface area contributed by atoms with Gasteiger partial charge in [-0.2, -0.15) is 4.31 Å². The lowest BCUT2D eigenvalue weighted by molar-refractivity contribution is 0.0513. The lowest BCUT2D eigenvalue weighted by Crippen LogP contribution is -2.55. The Kier molecular flexibility index (Phi) is 5.83. The molecule has 2 fully saturated rings. The van der Waals surface area contributed by atoms with Gasteiger partial charge in [-0.15, -0.1) is 0 Å². The van der Waals surface area contributed by atoms with Crippen LogP contribution in [0.4, 0.5) is 0 Å². The van der Waals surface area contributed by atoms with Crippen molar-refractivity contribution in [2.24, 2.45) is 4.99 Å². The van der Waals surface area contributed by atoms with E-state index < -0.39 is 15.6 Å². The summed E-state index contributed by atoms with van der Waals surface area (Å²) < 4.78 is 31.2. The zero-order valence-electron chi connectivity index (χ0n) is 15.1. The van der Waals surface area contributed by atoms with Crippen molar-refractivity contribution in [1.82, 2.24) is 19.7 Å². The Morgan fingerprint density at radius 1 is 1.35 bits per heavy atom. The minimum Gasteiger partial charge on any atom is -0.388 e. The van der Waals surface area contributed by atoms with Crippen LogP contribution in [0.5, 0.6) is 0 Å². The SMILES string of the molecule is CN=C(NCC1(O)CCCC1)N1CCN(S(=O)(=O)Cc2ccon2)CC1. The molecule has 9 nitrogen and oxygen atoms in total. The van der Waals surface area contributed by atoms with Gasteiger partial charge in [0.05, 0.1) is 11.3 Å². The second-order valence-electron chi connectivity index (χ2n) is 6.97. The van der Waals surface area contributed by atoms with Crippen molar-refractivity contribution in [1.29, 1.82) is 0 Å². The predicted molar refractivity (Wildman–Crippen MR) is 97.1 cm³/mol. The van der Waals surface area contributed by atoms with Crippen molar-refractivity contribution in [2.75, 3.05) is 39.8 Å². The maximum atomic E-state index is 12.5. The van der Waals surface area contributed by atoms with Gasteiger partial charge in [-0.3, -0.25) is 4.99 Å². The summed E-state index contributed by atoms with van der Waals surface area (Å²) in [7, 11) is -1.71. The van der Waals surface area contributed by atoms with Gasteiger partial charge in [0.15, 0.2) is 5.96 Å². The summed E-state index contributed by atoms with van der Waals surface area (Å²) in [5.41, 5.74) is -0.242. The molecule has 1 aliphatic carbocycles. The minimum absolute atomic E-state index is 0.149. The Hall–Kier alpha value is -1.65. The van der Waals surface area contributed by atoms with Crippen LogP contribution in [-0.2, 0) is 15.8 Å². The molecule has 1 saturated heterocycles. The normalized spacial score (nSPS) is 21.9. The average Bonchev–Trinajstić information content (AvgIpc) is 3.28. The number of nitrogens with one attached hydrogen (secondary N) is 1. The van der Waals surface area contributed by atoms with Crippen molar-refractivity contribution < 1.29 is 18.0 Å². The van der Waals surface area contributed by atoms with E-state index in [1.807, 2.05) is 4.90 Å². The quantitative estimate of drug-likeness (QED) is 0.542. The first-order chi connectivity index (χ1) is 12.4. The van der Waals surface area contributed by atoms with Gasteiger partial charge in [0.1, 0.15) is 12.0 Å². The van der Waals surface area contributed by atoms with Crippen LogP contribution in [-0.4, -0.2) is 79.2 Å². The van der Waals surface area contributed by atoms with Crippen LogP contribution in [0.25, 0.3) is 0 Å². The van der Waals surface area contributed by atoms with Crippen LogP contribution in [0.3, 0.4) is 0 Å². The summed E-state index contributed by atoms with van der Waals surface area (Å²) in [5, 5.41) is 17.4. The molecule has 0 radical (unpaired) electrons. The van der Waals surface area contributed by atoms with Crippen LogP contribution >= 0.6 is 0 Å². The fourth-order valence-electron chi connectivity index (χ4n) is 3.55. The van der Waals surface area contributed by atoms with Crippen LogP contribution in [0.1, 0.15) is 31.4 Å². The number of aliphatic hydroxyl groups is 1. The molecule has 1 aliphatic heterocycles. The van der Waals surface area contributed by atoms with E-state index in [2.05, 4.69) is 15.5 Å². The van der Waals surface area contributed by atoms with E-state index in [-0.39, 0.29) is 5.75 Å². The summed E-state index contributed by atoms with van der Waals surface area (Å²) in [4.78, 5) is 6.31. The van der Waals surface area contributed by atoms with Gasteiger partial charge in [-0.1, -0.05) is 18.0 Å². The average molecular weight is 385 g/mol. The molecule has 0 atom stereocenters. The summed E-state index contributed by atoms with van der Waals surface area (Å²) in [6, 6.07) is 1.56. The third-order valence-electron chi connectivity index (χ3n) is 5.07. The van der Waals surface area contributed by atoms with Crippen LogP contribution in [0.15, 0.2) is 21.8 Å². The van der Waals surface area contributed by atoms with Crippen molar-refractivity contribution >= 4 is 16.0 Å². The van der Waals surface area contributed by atoms with E-state index in [1.165, 1.54) is 10.6 Å². The Morgan fingerprint density at radius 2 is 2.04 bits per heavy atom. The Balaban J connectivity index is 1.51. The number of guanidine groups is 1. The maximum Gasteiger partial charge on any atom is 0.220 e. The molecule has 26 heavy (non-hydrogen) atoms. The molecule has 0 unspecified atom stereocenters.